The summed E-state index contributed by atoms with van der Waals surface area (Å²) in [6.45, 7) is 1.33. The number of hydrogen-bond acceptors (Lipinski definition) is 3. The Balaban J connectivity index is 1.97. The van der Waals surface area contributed by atoms with Gasteiger partial charge in [0, 0.05) is 20.0 Å². The van der Waals surface area contributed by atoms with Crippen LogP contribution in [0.15, 0.2) is 24.3 Å². The number of ether oxygens (including phenoxy) is 2. The Labute approximate surface area is 107 Å². The first-order valence-corrected chi connectivity index (χ1v) is 6.01. The quantitative estimate of drug-likeness (QED) is 0.884. The molecule has 5 nitrogen and oxygen atoms in total. The summed E-state index contributed by atoms with van der Waals surface area (Å²) in [5.74, 6) is 1.44. The zero-order valence-electron chi connectivity index (χ0n) is 10.7. The first-order chi connectivity index (χ1) is 8.74. The summed E-state index contributed by atoms with van der Waals surface area (Å²) >= 11 is 0. The highest BCUT2D eigenvalue weighted by Crippen LogP contribution is 2.28. The van der Waals surface area contributed by atoms with Crippen molar-refractivity contribution in [3.05, 3.63) is 24.3 Å². The highest BCUT2D eigenvalue weighted by Gasteiger charge is 2.27. The standard InChI is InChI=1S/C13H18N2O3/c1-14-13(16)15-8-7-10(9-15)18-12-6-4-3-5-11(12)17-2/h3-6,10H,7-9H2,1-2H3,(H,14,16)/t10-/m0/s1. The third-order valence-corrected chi connectivity index (χ3v) is 3.01. The summed E-state index contributed by atoms with van der Waals surface area (Å²) in [6.07, 6.45) is 0.865. The number of hydrogen-bond donors (Lipinski definition) is 1. The van der Waals surface area contributed by atoms with Crippen LogP contribution in [0.3, 0.4) is 0 Å². The van der Waals surface area contributed by atoms with Gasteiger partial charge in [0.1, 0.15) is 6.10 Å². The molecule has 0 aliphatic carbocycles. The van der Waals surface area contributed by atoms with Gasteiger partial charge in [-0.3, -0.25) is 0 Å². The Kier molecular flexibility index (Phi) is 3.92. The fourth-order valence-electron chi connectivity index (χ4n) is 2.06. The van der Waals surface area contributed by atoms with Gasteiger partial charge in [-0.1, -0.05) is 12.1 Å². The van der Waals surface area contributed by atoms with Crippen LogP contribution in [0.2, 0.25) is 0 Å². The van der Waals surface area contributed by atoms with Crippen molar-refractivity contribution in [2.45, 2.75) is 12.5 Å². The lowest BCUT2D eigenvalue weighted by molar-refractivity contribution is 0.184. The predicted octanol–water partition coefficient (Wildman–Crippen LogP) is 1.49. The highest BCUT2D eigenvalue weighted by molar-refractivity contribution is 5.74. The third-order valence-electron chi connectivity index (χ3n) is 3.01. The molecule has 0 bridgehead atoms. The normalized spacial score (nSPS) is 18.6. The van der Waals surface area contributed by atoms with Gasteiger partial charge in [0.25, 0.3) is 0 Å². The highest BCUT2D eigenvalue weighted by atomic mass is 16.5. The van der Waals surface area contributed by atoms with Gasteiger partial charge in [-0.2, -0.15) is 0 Å². The fraction of sp³-hybridized carbons (Fsp3) is 0.462. The van der Waals surface area contributed by atoms with Gasteiger partial charge in [-0.25, -0.2) is 4.79 Å². The molecule has 2 amide bonds. The molecule has 1 aromatic rings. The van der Waals surface area contributed by atoms with E-state index in [0.29, 0.717) is 6.54 Å². The number of carbonyl (C=O) groups excluding carboxylic acids is 1. The van der Waals surface area contributed by atoms with Crippen LogP contribution >= 0.6 is 0 Å². The van der Waals surface area contributed by atoms with E-state index in [1.165, 1.54) is 0 Å². The van der Waals surface area contributed by atoms with Crippen molar-refractivity contribution in [2.24, 2.45) is 0 Å². The zero-order chi connectivity index (χ0) is 13.0. The molecule has 1 N–H and O–H groups in total. The first kappa shape index (κ1) is 12.5. The fourth-order valence-corrected chi connectivity index (χ4v) is 2.06. The molecule has 1 fully saturated rings. The van der Waals surface area contributed by atoms with Crippen LogP contribution in [-0.4, -0.2) is 44.3 Å². The van der Waals surface area contributed by atoms with Crippen molar-refractivity contribution in [1.82, 2.24) is 10.2 Å². The Morgan fingerprint density at radius 3 is 2.78 bits per heavy atom. The number of urea groups is 1. The molecule has 1 aromatic carbocycles. The Hall–Kier alpha value is -1.91. The van der Waals surface area contributed by atoms with Crippen LogP contribution in [-0.2, 0) is 0 Å². The molecule has 0 spiro atoms. The maximum Gasteiger partial charge on any atom is 0.317 e. The van der Waals surface area contributed by atoms with Crippen molar-refractivity contribution in [2.75, 3.05) is 27.2 Å². The number of rotatable bonds is 3. The van der Waals surface area contributed by atoms with Gasteiger partial charge in [0.05, 0.1) is 13.7 Å². The largest absolute Gasteiger partial charge is 0.493 e. The lowest BCUT2D eigenvalue weighted by atomic mass is 10.3. The number of methoxy groups -OCH3 is 1. The predicted molar refractivity (Wildman–Crippen MR) is 68.1 cm³/mol. The van der Waals surface area contributed by atoms with E-state index in [0.717, 1.165) is 24.5 Å². The van der Waals surface area contributed by atoms with Gasteiger partial charge in [0.2, 0.25) is 0 Å². The molecule has 5 heteroatoms. The molecule has 1 aliphatic heterocycles. The van der Waals surface area contributed by atoms with E-state index in [4.69, 9.17) is 9.47 Å². The van der Waals surface area contributed by atoms with Crippen molar-refractivity contribution < 1.29 is 14.3 Å². The molecule has 0 radical (unpaired) electrons. The molecule has 0 saturated carbocycles. The van der Waals surface area contributed by atoms with Gasteiger partial charge < -0.3 is 19.7 Å². The molecular weight excluding hydrogens is 232 g/mol. The van der Waals surface area contributed by atoms with E-state index < -0.39 is 0 Å². The minimum atomic E-state index is -0.0545. The Morgan fingerprint density at radius 2 is 2.11 bits per heavy atom. The number of para-hydroxylation sites is 2. The van der Waals surface area contributed by atoms with E-state index in [2.05, 4.69) is 5.32 Å². The summed E-state index contributed by atoms with van der Waals surface area (Å²) in [7, 11) is 3.25. The van der Waals surface area contributed by atoms with Gasteiger partial charge in [-0.15, -0.1) is 0 Å². The van der Waals surface area contributed by atoms with Crippen molar-refractivity contribution in [3.8, 4) is 11.5 Å². The van der Waals surface area contributed by atoms with E-state index in [-0.39, 0.29) is 12.1 Å². The second kappa shape index (κ2) is 5.62. The minimum absolute atomic E-state index is 0.0265. The van der Waals surface area contributed by atoms with Gasteiger partial charge >= 0.3 is 6.03 Å². The summed E-state index contributed by atoms with van der Waals surface area (Å²) in [6, 6.07) is 7.49. The molecule has 18 heavy (non-hydrogen) atoms. The molecule has 0 unspecified atom stereocenters. The van der Waals surface area contributed by atoms with Crippen LogP contribution in [0.25, 0.3) is 0 Å². The number of likely N-dealkylation sites (tertiary alicyclic amines) is 1. The van der Waals surface area contributed by atoms with Crippen LogP contribution < -0.4 is 14.8 Å². The summed E-state index contributed by atoms with van der Waals surface area (Å²) < 4.78 is 11.1. The molecule has 98 valence electrons. The molecular formula is C13H18N2O3. The van der Waals surface area contributed by atoms with Crippen LogP contribution in [0.5, 0.6) is 11.5 Å². The third kappa shape index (κ3) is 2.67. The smallest absolute Gasteiger partial charge is 0.317 e. The monoisotopic (exact) mass is 250 g/mol. The molecule has 1 heterocycles. The van der Waals surface area contributed by atoms with Crippen LogP contribution in [0.4, 0.5) is 4.79 Å². The van der Waals surface area contributed by atoms with Gasteiger partial charge in [-0.05, 0) is 12.1 Å². The van der Waals surface area contributed by atoms with Crippen molar-refractivity contribution in [1.29, 1.82) is 0 Å². The topological polar surface area (TPSA) is 50.8 Å². The average molecular weight is 250 g/mol. The first-order valence-electron chi connectivity index (χ1n) is 6.01. The average Bonchev–Trinajstić information content (AvgIpc) is 2.87. The lowest BCUT2D eigenvalue weighted by Gasteiger charge is -2.17. The molecule has 0 aromatic heterocycles. The Morgan fingerprint density at radius 1 is 1.39 bits per heavy atom. The van der Waals surface area contributed by atoms with E-state index in [9.17, 15) is 4.79 Å². The van der Waals surface area contributed by atoms with E-state index in [1.54, 1.807) is 19.1 Å². The van der Waals surface area contributed by atoms with Crippen LogP contribution in [0.1, 0.15) is 6.42 Å². The second-order valence-corrected chi connectivity index (χ2v) is 4.18. The summed E-state index contributed by atoms with van der Waals surface area (Å²) in [5, 5.41) is 2.62. The lowest BCUT2D eigenvalue weighted by Crippen LogP contribution is -2.37. The number of nitrogens with one attached hydrogen (secondary N) is 1. The van der Waals surface area contributed by atoms with Crippen LogP contribution in [0, 0.1) is 0 Å². The number of carbonyl (C=O) groups is 1. The molecule has 1 aliphatic rings. The number of nitrogens with zero attached hydrogens (tertiary/aromatic N) is 1. The summed E-state index contributed by atoms with van der Waals surface area (Å²) in [4.78, 5) is 13.2. The zero-order valence-corrected chi connectivity index (χ0v) is 10.7. The Bertz CT molecular complexity index is 422. The number of amides is 2. The maximum atomic E-state index is 11.5. The second-order valence-electron chi connectivity index (χ2n) is 4.18. The minimum Gasteiger partial charge on any atom is -0.493 e. The van der Waals surface area contributed by atoms with Crippen molar-refractivity contribution >= 4 is 6.03 Å². The van der Waals surface area contributed by atoms with E-state index >= 15 is 0 Å². The SMILES string of the molecule is CNC(=O)N1CC[C@H](Oc2ccccc2OC)C1. The maximum absolute atomic E-state index is 11.5. The summed E-state index contributed by atoms with van der Waals surface area (Å²) in [5.41, 5.74) is 0. The number of benzene rings is 1. The van der Waals surface area contributed by atoms with Crippen molar-refractivity contribution in [3.63, 3.8) is 0 Å². The molecule has 2 rings (SSSR count). The van der Waals surface area contributed by atoms with Gasteiger partial charge in [0.15, 0.2) is 11.5 Å². The molecule has 1 atom stereocenters. The van der Waals surface area contributed by atoms with E-state index in [1.807, 2.05) is 24.3 Å². The molecule has 1 saturated heterocycles.